The zero-order chi connectivity index (χ0) is 24.2. The third-order valence-electron chi connectivity index (χ3n) is 6.26. The highest BCUT2D eigenvalue weighted by Gasteiger charge is 2.16. The highest BCUT2D eigenvalue weighted by Crippen LogP contribution is 2.34. The molecule has 3 heterocycles. The van der Waals surface area contributed by atoms with Crippen molar-refractivity contribution in [2.45, 2.75) is 12.8 Å². The standard InChI is InChI=1S/C26H31N7O2/c1-31-18-19(16-29-31)26-17-27-24-7-6-20(14-25(24)30-26)33(11-8-28-32-9-4-5-10-32)21-12-22(34-2)15-23(13-21)35-3/h6-7,12-18,28H,4-5,8-11H2,1-3H3. The quantitative estimate of drug-likeness (QED) is 0.393. The van der Waals surface area contributed by atoms with Crippen LogP contribution in [0.4, 0.5) is 11.4 Å². The van der Waals surface area contributed by atoms with Crippen molar-refractivity contribution in [3.05, 3.63) is 55.0 Å². The van der Waals surface area contributed by atoms with Crippen LogP contribution in [-0.2, 0) is 7.05 Å². The van der Waals surface area contributed by atoms with Crippen LogP contribution >= 0.6 is 0 Å². The van der Waals surface area contributed by atoms with Gasteiger partial charge in [-0.15, -0.1) is 0 Å². The highest BCUT2D eigenvalue weighted by molar-refractivity contribution is 5.82. The smallest absolute Gasteiger partial charge is 0.124 e. The Labute approximate surface area is 205 Å². The Morgan fingerprint density at radius 1 is 0.943 bits per heavy atom. The Hall–Kier alpha value is -3.69. The van der Waals surface area contributed by atoms with Gasteiger partial charge in [0.2, 0.25) is 0 Å². The Kier molecular flexibility index (Phi) is 6.78. The zero-order valence-corrected chi connectivity index (χ0v) is 20.4. The number of aromatic nitrogens is 4. The molecule has 0 radical (unpaired) electrons. The molecule has 9 nitrogen and oxygen atoms in total. The first-order valence-corrected chi connectivity index (χ1v) is 11.9. The molecule has 0 unspecified atom stereocenters. The number of methoxy groups -OCH3 is 2. The van der Waals surface area contributed by atoms with Gasteiger partial charge in [0.05, 0.1) is 43.3 Å². The maximum absolute atomic E-state index is 5.55. The lowest BCUT2D eigenvalue weighted by atomic mass is 10.2. The number of hydrazine groups is 1. The summed E-state index contributed by atoms with van der Waals surface area (Å²) in [7, 11) is 5.24. The number of benzene rings is 2. The molecule has 9 heteroatoms. The number of nitrogens with one attached hydrogen (secondary N) is 1. The summed E-state index contributed by atoms with van der Waals surface area (Å²) in [5.41, 5.74) is 9.00. The van der Waals surface area contributed by atoms with E-state index in [0.29, 0.717) is 0 Å². The molecular formula is C26H31N7O2. The second-order valence-corrected chi connectivity index (χ2v) is 8.66. The first-order chi connectivity index (χ1) is 17.1. The predicted molar refractivity (Wildman–Crippen MR) is 137 cm³/mol. The SMILES string of the molecule is COc1cc(OC)cc(N(CCNN2CCCC2)c2ccc3ncc(-c4cnn(C)c4)nc3c2)c1. The third-order valence-corrected chi connectivity index (χ3v) is 6.26. The minimum atomic E-state index is 0.747. The van der Waals surface area contributed by atoms with Gasteiger partial charge in [0.15, 0.2) is 0 Å². The number of fused-ring (bicyclic) bond motifs is 1. The van der Waals surface area contributed by atoms with E-state index in [1.807, 2.05) is 37.5 Å². The van der Waals surface area contributed by atoms with Crippen molar-refractivity contribution < 1.29 is 9.47 Å². The van der Waals surface area contributed by atoms with Crippen LogP contribution in [0, 0.1) is 0 Å². The van der Waals surface area contributed by atoms with Gasteiger partial charge in [0.25, 0.3) is 0 Å². The molecule has 0 atom stereocenters. The van der Waals surface area contributed by atoms with Crippen LogP contribution in [0.2, 0.25) is 0 Å². The highest BCUT2D eigenvalue weighted by atomic mass is 16.5. The molecule has 1 fully saturated rings. The molecular weight excluding hydrogens is 442 g/mol. The molecule has 1 saturated heterocycles. The monoisotopic (exact) mass is 473 g/mol. The number of hydrogen-bond donors (Lipinski definition) is 1. The van der Waals surface area contributed by atoms with Crippen LogP contribution in [0.1, 0.15) is 12.8 Å². The third kappa shape index (κ3) is 5.21. The normalized spacial score (nSPS) is 13.9. The lowest BCUT2D eigenvalue weighted by molar-refractivity contribution is 0.239. The van der Waals surface area contributed by atoms with Crippen LogP contribution < -0.4 is 19.8 Å². The minimum Gasteiger partial charge on any atom is -0.497 e. The van der Waals surface area contributed by atoms with Gasteiger partial charge in [-0.3, -0.25) is 15.1 Å². The summed E-state index contributed by atoms with van der Waals surface area (Å²) in [6.45, 7) is 3.75. The van der Waals surface area contributed by atoms with Gasteiger partial charge in [-0.2, -0.15) is 5.10 Å². The van der Waals surface area contributed by atoms with E-state index in [9.17, 15) is 0 Å². The van der Waals surface area contributed by atoms with Gasteiger partial charge < -0.3 is 14.4 Å². The van der Waals surface area contributed by atoms with Crippen LogP contribution in [-0.4, -0.2) is 65.2 Å². The second-order valence-electron chi connectivity index (χ2n) is 8.66. The molecule has 2 aromatic heterocycles. The van der Waals surface area contributed by atoms with Crippen LogP contribution in [0.15, 0.2) is 55.0 Å². The van der Waals surface area contributed by atoms with Gasteiger partial charge in [0, 0.05) is 74.6 Å². The Morgan fingerprint density at radius 3 is 2.40 bits per heavy atom. The number of nitrogens with zero attached hydrogens (tertiary/aromatic N) is 6. The van der Waals surface area contributed by atoms with Crippen molar-refractivity contribution in [3.8, 4) is 22.8 Å². The van der Waals surface area contributed by atoms with Gasteiger partial charge in [0.1, 0.15) is 11.5 Å². The van der Waals surface area contributed by atoms with Gasteiger partial charge in [-0.05, 0) is 31.0 Å². The van der Waals surface area contributed by atoms with Crippen molar-refractivity contribution in [2.75, 3.05) is 45.3 Å². The Morgan fingerprint density at radius 2 is 1.71 bits per heavy atom. The predicted octanol–water partition coefficient (Wildman–Crippen LogP) is 3.79. The molecule has 0 amide bonds. The van der Waals surface area contributed by atoms with E-state index in [-0.39, 0.29) is 0 Å². The minimum absolute atomic E-state index is 0.747. The van der Waals surface area contributed by atoms with Gasteiger partial charge >= 0.3 is 0 Å². The van der Waals surface area contributed by atoms with E-state index >= 15 is 0 Å². The summed E-state index contributed by atoms with van der Waals surface area (Å²) in [5, 5.41) is 6.57. The van der Waals surface area contributed by atoms with Crippen molar-refractivity contribution in [1.82, 2.24) is 30.2 Å². The molecule has 0 spiro atoms. The van der Waals surface area contributed by atoms with Crippen molar-refractivity contribution >= 4 is 22.4 Å². The van der Waals surface area contributed by atoms with Gasteiger partial charge in [-0.1, -0.05) is 0 Å². The summed E-state index contributed by atoms with van der Waals surface area (Å²) >= 11 is 0. The molecule has 5 rings (SSSR count). The molecule has 2 aromatic carbocycles. The topological polar surface area (TPSA) is 80.6 Å². The van der Waals surface area contributed by atoms with Crippen molar-refractivity contribution in [1.29, 1.82) is 0 Å². The summed E-state index contributed by atoms with van der Waals surface area (Å²) < 4.78 is 12.9. The van der Waals surface area contributed by atoms with Crippen molar-refractivity contribution in [3.63, 3.8) is 0 Å². The summed E-state index contributed by atoms with van der Waals surface area (Å²) in [4.78, 5) is 11.8. The summed E-state index contributed by atoms with van der Waals surface area (Å²) in [5.74, 6) is 1.49. The van der Waals surface area contributed by atoms with Crippen molar-refractivity contribution in [2.24, 2.45) is 7.05 Å². The fraction of sp³-hybridized carbons (Fsp3) is 0.346. The number of aryl methyl sites for hydroxylation is 1. The summed E-state index contributed by atoms with van der Waals surface area (Å²) in [6, 6.07) is 12.1. The van der Waals surface area contributed by atoms with Crippen LogP contribution in [0.3, 0.4) is 0 Å². The second kappa shape index (κ2) is 10.3. The maximum atomic E-state index is 5.55. The fourth-order valence-corrected chi connectivity index (χ4v) is 4.41. The number of rotatable bonds is 9. The van der Waals surface area contributed by atoms with E-state index in [1.54, 1.807) is 31.3 Å². The average molecular weight is 474 g/mol. The number of hydrogen-bond acceptors (Lipinski definition) is 8. The Bertz CT molecular complexity index is 1280. The van der Waals surface area contributed by atoms with Gasteiger partial charge in [-0.25, -0.2) is 9.99 Å². The first kappa shape index (κ1) is 23.1. The van der Waals surface area contributed by atoms with E-state index < -0.39 is 0 Å². The molecule has 0 bridgehead atoms. The molecule has 35 heavy (non-hydrogen) atoms. The zero-order valence-electron chi connectivity index (χ0n) is 20.4. The molecule has 1 N–H and O–H groups in total. The first-order valence-electron chi connectivity index (χ1n) is 11.9. The largest absolute Gasteiger partial charge is 0.497 e. The number of anilines is 2. The lowest BCUT2D eigenvalue weighted by Crippen LogP contribution is -2.40. The van der Waals surface area contributed by atoms with E-state index in [2.05, 4.69) is 37.6 Å². The molecule has 1 aliphatic heterocycles. The maximum Gasteiger partial charge on any atom is 0.124 e. The summed E-state index contributed by atoms with van der Waals surface area (Å²) in [6.07, 6.45) is 8.03. The Balaban J connectivity index is 1.50. The molecule has 1 aliphatic rings. The average Bonchev–Trinajstić information content (AvgIpc) is 3.57. The number of ether oxygens (including phenoxy) is 2. The van der Waals surface area contributed by atoms with Crippen LogP contribution in [0.25, 0.3) is 22.3 Å². The molecule has 4 aromatic rings. The van der Waals surface area contributed by atoms with E-state index in [1.165, 1.54) is 12.8 Å². The lowest BCUT2D eigenvalue weighted by Gasteiger charge is -2.27. The molecule has 0 saturated carbocycles. The van der Waals surface area contributed by atoms with Crippen LogP contribution in [0.5, 0.6) is 11.5 Å². The molecule has 0 aliphatic carbocycles. The van der Waals surface area contributed by atoms with E-state index in [0.717, 1.165) is 71.3 Å². The fourth-order valence-electron chi connectivity index (χ4n) is 4.41. The molecule has 182 valence electrons. The van der Waals surface area contributed by atoms with E-state index in [4.69, 9.17) is 14.5 Å².